The molecule has 2 aromatic carbocycles. The number of benzene rings is 2. The Morgan fingerprint density at radius 3 is 2.64 bits per heavy atom. The summed E-state index contributed by atoms with van der Waals surface area (Å²) in [6.45, 7) is 0. The van der Waals surface area contributed by atoms with Crippen LogP contribution < -0.4 is 10.2 Å². The van der Waals surface area contributed by atoms with Gasteiger partial charge in [-0.25, -0.2) is 9.97 Å². The third kappa shape index (κ3) is 3.79. The minimum absolute atomic E-state index is 0.234. The largest absolute Gasteiger partial charge is 0.340 e. The summed E-state index contributed by atoms with van der Waals surface area (Å²) in [5.74, 6) is 0.248. The van der Waals surface area contributed by atoms with Crippen LogP contribution in [0.4, 0.5) is 17.2 Å². The van der Waals surface area contributed by atoms with Crippen molar-refractivity contribution in [1.82, 2.24) is 9.97 Å². The van der Waals surface area contributed by atoms with E-state index in [1.165, 1.54) is 11.2 Å². The molecular weight excluding hydrogens is 314 g/mol. The first-order chi connectivity index (χ1) is 12.2. The fraction of sp³-hybridized carbons (Fsp3) is 0.0526. The first-order valence-electron chi connectivity index (χ1n) is 7.60. The standard InChI is InChI=1S/C19H15N5O/c1-24(16-8-3-2-4-9-16)19(25)17-11-18(22-13-21-17)23-15-7-5-6-14(10-15)12-20/h2-11,13H,1H3,(H,21,22,23). The molecule has 0 bridgehead atoms. The summed E-state index contributed by atoms with van der Waals surface area (Å²) in [7, 11) is 1.70. The number of aromatic nitrogens is 2. The fourth-order valence-electron chi connectivity index (χ4n) is 2.30. The number of nitrogens with zero attached hydrogens (tertiary/aromatic N) is 4. The molecule has 6 heteroatoms. The zero-order chi connectivity index (χ0) is 17.6. The second-order valence-corrected chi connectivity index (χ2v) is 5.31. The van der Waals surface area contributed by atoms with Crippen LogP contribution in [0.3, 0.4) is 0 Å². The lowest BCUT2D eigenvalue weighted by atomic mass is 10.2. The highest BCUT2D eigenvalue weighted by atomic mass is 16.2. The zero-order valence-electron chi connectivity index (χ0n) is 13.5. The fourth-order valence-corrected chi connectivity index (χ4v) is 2.30. The molecule has 0 fully saturated rings. The van der Waals surface area contributed by atoms with Crippen molar-refractivity contribution in [3.8, 4) is 6.07 Å². The van der Waals surface area contributed by atoms with Gasteiger partial charge in [-0.1, -0.05) is 24.3 Å². The van der Waals surface area contributed by atoms with Crippen molar-refractivity contribution >= 4 is 23.1 Å². The highest BCUT2D eigenvalue weighted by Crippen LogP contribution is 2.18. The van der Waals surface area contributed by atoms with Crippen molar-refractivity contribution in [1.29, 1.82) is 5.26 Å². The van der Waals surface area contributed by atoms with Crippen LogP contribution >= 0.6 is 0 Å². The van der Waals surface area contributed by atoms with Crippen LogP contribution in [0, 0.1) is 11.3 Å². The first kappa shape index (κ1) is 16.1. The van der Waals surface area contributed by atoms with Crippen LogP contribution in [0.2, 0.25) is 0 Å². The highest BCUT2D eigenvalue weighted by molar-refractivity contribution is 6.04. The molecule has 0 saturated carbocycles. The van der Waals surface area contributed by atoms with Crippen molar-refractivity contribution in [2.24, 2.45) is 0 Å². The molecular formula is C19H15N5O. The van der Waals surface area contributed by atoms with E-state index >= 15 is 0 Å². The van der Waals surface area contributed by atoms with Crippen LogP contribution in [0.5, 0.6) is 0 Å². The van der Waals surface area contributed by atoms with E-state index in [1.54, 1.807) is 31.3 Å². The maximum atomic E-state index is 12.6. The number of para-hydroxylation sites is 1. The monoisotopic (exact) mass is 329 g/mol. The van der Waals surface area contributed by atoms with Crippen molar-refractivity contribution in [2.75, 3.05) is 17.3 Å². The molecule has 0 saturated heterocycles. The maximum Gasteiger partial charge on any atom is 0.276 e. The average molecular weight is 329 g/mol. The van der Waals surface area contributed by atoms with Gasteiger partial charge in [0.15, 0.2) is 0 Å². The summed E-state index contributed by atoms with van der Waals surface area (Å²) in [5, 5.41) is 12.0. The normalized spacial score (nSPS) is 9.92. The predicted octanol–water partition coefficient (Wildman–Crippen LogP) is 3.37. The van der Waals surface area contributed by atoms with Gasteiger partial charge in [-0.2, -0.15) is 5.26 Å². The van der Waals surface area contributed by atoms with Crippen molar-refractivity contribution in [3.63, 3.8) is 0 Å². The van der Waals surface area contributed by atoms with Crippen LogP contribution in [0.1, 0.15) is 16.1 Å². The number of amides is 1. The van der Waals surface area contributed by atoms with Crippen LogP contribution in [0.25, 0.3) is 0 Å². The summed E-state index contributed by atoms with van der Waals surface area (Å²) in [4.78, 5) is 22.3. The van der Waals surface area contributed by atoms with E-state index in [0.717, 1.165) is 5.69 Å². The lowest BCUT2D eigenvalue weighted by Crippen LogP contribution is -2.27. The van der Waals surface area contributed by atoms with Crippen LogP contribution in [-0.4, -0.2) is 22.9 Å². The molecule has 25 heavy (non-hydrogen) atoms. The quantitative estimate of drug-likeness (QED) is 0.793. The SMILES string of the molecule is CN(C(=O)c1cc(Nc2cccc(C#N)c2)ncn1)c1ccccc1. The molecule has 0 spiro atoms. The molecule has 122 valence electrons. The third-order valence-electron chi connectivity index (χ3n) is 3.60. The Morgan fingerprint density at radius 1 is 1.08 bits per heavy atom. The molecule has 3 rings (SSSR count). The average Bonchev–Trinajstić information content (AvgIpc) is 2.68. The number of anilines is 3. The van der Waals surface area contributed by atoms with Gasteiger partial charge in [0.1, 0.15) is 17.8 Å². The molecule has 0 radical (unpaired) electrons. The van der Waals surface area contributed by atoms with E-state index in [1.807, 2.05) is 36.4 Å². The molecule has 1 N–H and O–H groups in total. The molecule has 6 nitrogen and oxygen atoms in total. The van der Waals surface area contributed by atoms with Gasteiger partial charge >= 0.3 is 0 Å². The summed E-state index contributed by atoms with van der Waals surface area (Å²) in [5.41, 5.74) is 2.31. The lowest BCUT2D eigenvalue weighted by molar-refractivity contribution is 0.0988. The van der Waals surface area contributed by atoms with Gasteiger partial charge in [-0.15, -0.1) is 0 Å². The minimum Gasteiger partial charge on any atom is -0.340 e. The van der Waals surface area contributed by atoms with Crippen molar-refractivity contribution in [2.45, 2.75) is 0 Å². The zero-order valence-corrected chi connectivity index (χ0v) is 13.5. The number of rotatable bonds is 4. The Hall–Kier alpha value is -3.72. The summed E-state index contributed by atoms with van der Waals surface area (Å²) >= 11 is 0. The second kappa shape index (κ2) is 7.23. The van der Waals surface area contributed by atoms with Gasteiger partial charge in [0, 0.05) is 24.5 Å². The Morgan fingerprint density at radius 2 is 1.88 bits per heavy atom. The minimum atomic E-state index is -0.234. The Bertz CT molecular complexity index is 934. The van der Waals surface area contributed by atoms with Gasteiger partial charge in [0.2, 0.25) is 0 Å². The Labute approximate surface area is 145 Å². The topological polar surface area (TPSA) is 81.9 Å². The number of nitrogens with one attached hydrogen (secondary N) is 1. The number of hydrogen-bond donors (Lipinski definition) is 1. The molecule has 0 unspecified atom stereocenters. The molecule has 1 heterocycles. The van der Waals surface area contributed by atoms with Gasteiger partial charge < -0.3 is 10.2 Å². The molecule has 0 aliphatic carbocycles. The molecule has 3 aromatic rings. The smallest absolute Gasteiger partial charge is 0.276 e. The van der Waals surface area contributed by atoms with E-state index < -0.39 is 0 Å². The van der Waals surface area contributed by atoms with E-state index in [4.69, 9.17) is 5.26 Å². The molecule has 0 aliphatic rings. The van der Waals surface area contributed by atoms with Crippen molar-refractivity contribution in [3.05, 3.63) is 78.2 Å². The van der Waals surface area contributed by atoms with Gasteiger partial charge in [0.25, 0.3) is 5.91 Å². The molecule has 1 aromatic heterocycles. The highest BCUT2D eigenvalue weighted by Gasteiger charge is 2.15. The van der Waals surface area contributed by atoms with Gasteiger partial charge in [-0.3, -0.25) is 4.79 Å². The molecule has 0 aliphatic heterocycles. The lowest BCUT2D eigenvalue weighted by Gasteiger charge is -2.17. The predicted molar refractivity (Wildman–Crippen MR) is 95.6 cm³/mol. The number of hydrogen-bond acceptors (Lipinski definition) is 5. The summed E-state index contributed by atoms with van der Waals surface area (Å²) in [6.07, 6.45) is 1.34. The van der Waals surface area contributed by atoms with E-state index in [-0.39, 0.29) is 11.6 Å². The Balaban J connectivity index is 1.81. The van der Waals surface area contributed by atoms with E-state index in [2.05, 4.69) is 21.4 Å². The number of nitriles is 1. The van der Waals surface area contributed by atoms with Gasteiger partial charge in [0.05, 0.1) is 11.6 Å². The maximum absolute atomic E-state index is 12.6. The van der Waals surface area contributed by atoms with E-state index in [0.29, 0.717) is 17.1 Å². The molecule has 1 amide bonds. The second-order valence-electron chi connectivity index (χ2n) is 5.31. The Kier molecular flexibility index (Phi) is 4.67. The van der Waals surface area contributed by atoms with E-state index in [9.17, 15) is 4.79 Å². The number of carbonyl (C=O) groups is 1. The summed E-state index contributed by atoms with van der Waals surface area (Å²) < 4.78 is 0. The number of carbonyl (C=O) groups excluding carboxylic acids is 1. The van der Waals surface area contributed by atoms with Crippen molar-refractivity contribution < 1.29 is 4.79 Å². The van der Waals surface area contributed by atoms with Gasteiger partial charge in [-0.05, 0) is 30.3 Å². The molecule has 0 atom stereocenters. The van der Waals surface area contributed by atoms with Crippen LogP contribution in [-0.2, 0) is 0 Å². The first-order valence-corrected chi connectivity index (χ1v) is 7.60. The third-order valence-corrected chi connectivity index (χ3v) is 3.60. The summed E-state index contributed by atoms with van der Waals surface area (Å²) in [6, 6.07) is 20.0. The van der Waals surface area contributed by atoms with Crippen LogP contribution in [0.15, 0.2) is 67.0 Å².